The van der Waals surface area contributed by atoms with Gasteiger partial charge in [-0.2, -0.15) is 0 Å². The zero-order chi connectivity index (χ0) is 12.7. The van der Waals surface area contributed by atoms with Crippen LogP contribution < -0.4 is 10.8 Å². The largest absolute Gasteiger partial charge is 0.312 e. The molecule has 0 saturated heterocycles. The first-order chi connectivity index (χ1) is 7.31. The van der Waals surface area contributed by atoms with Crippen molar-refractivity contribution in [3.63, 3.8) is 0 Å². The summed E-state index contributed by atoms with van der Waals surface area (Å²) in [6.45, 7) is 8.61. The van der Waals surface area contributed by atoms with Crippen LogP contribution in [0.3, 0.4) is 0 Å². The molecule has 0 heterocycles. The van der Waals surface area contributed by atoms with E-state index in [-0.39, 0.29) is 0 Å². The SMILES string of the molecule is Bc1cc(F)cc(F)c1.CC(C)NC(C)C. The van der Waals surface area contributed by atoms with E-state index in [1.165, 1.54) is 12.1 Å². The van der Waals surface area contributed by atoms with Crippen molar-refractivity contribution in [3.8, 4) is 0 Å². The first-order valence-electron chi connectivity index (χ1n) is 5.50. The van der Waals surface area contributed by atoms with E-state index >= 15 is 0 Å². The highest BCUT2D eigenvalue weighted by molar-refractivity contribution is 6.32. The van der Waals surface area contributed by atoms with Crippen molar-refractivity contribution in [2.75, 3.05) is 0 Å². The second-order valence-electron chi connectivity index (χ2n) is 4.42. The lowest BCUT2D eigenvalue weighted by Crippen LogP contribution is -2.29. The Balaban J connectivity index is 0.000000293. The molecular formula is C12H20BF2N. The van der Waals surface area contributed by atoms with Crippen molar-refractivity contribution in [3.05, 3.63) is 29.8 Å². The lowest BCUT2D eigenvalue weighted by atomic mass is 9.96. The summed E-state index contributed by atoms with van der Waals surface area (Å²) in [5.74, 6) is -1.04. The predicted molar refractivity (Wildman–Crippen MR) is 67.9 cm³/mol. The number of benzene rings is 1. The van der Waals surface area contributed by atoms with Gasteiger partial charge in [0, 0.05) is 18.2 Å². The number of hydrogen-bond acceptors (Lipinski definition) is 1. The highest BCUT2D eigenvalue weighted by Gasteiger charge is 1.94. The first-order valence-corrected chi connectivity index (χ1v) is 5.50. The molecule has 0 fully saturated rings. The smallest absolute Gasteiger partial charge is 0.139 e. The first kappa shape index (κ1) is 15.1. The average molecular weight is 227 g/mol. The summed E-state index contributed by atoms with van der Waals surface area (Å²) in [5, 5.41) is 3.31. The second kappa shape index (κ2) is 7.39. The zero-order valence-electron chi connectivity index (χ0n) is 10.6. The maximum absolute atomic E-state index is 12.2. The molecule has 1 rings (SSSR count). The van der Waals surface area contributed by atoms with Gasteiger partial charge < -0.3 is 5.32 Å². The standard InChI is InChI=1S/C6H5BF2.C6H15N/c7-4-1-5(8)3-6(9)2-4;1-5(2)7-6(3)4/h1-3H,7H2;5-7H,1-4H3. The molecule has 16 heavy (non-hydrogen) atoms. The Hall–Kier alpha value is -0.895. The molecule has 0 aliphatic carbocycles. The van der Waals surface area contributed by atoms with Gasteiger partial charge in [-0.25, -0.2) is 8.78 Å². The topological polar surface area (TPSA) is 12.0 Å². The lowest BCUT2D eigenvalue weighted by molar-refractivity contribution is 0.518. The molecule has 0 bridgehead atoms. The van der Waals surface area contributed by atoms with E-state index in [1.54, 1.807) is 7.85 Å². The van der Waals surface area contributed by atoms with Gasteiger partial charge in [0.15, 0.2) is 0 Å². The predicted octanol–water partition coefficient (Wildman–Crippen LogP) is 1.62. The van der Waals surface area contributed by atoms with Gasteiger partial charge in [-0.15, -0.1) is 0 Å². The van der Waals surface area contributed by atoms with Crippen molar-refractivity contribution in [1.29, 1.82) is 0 Å². The molecule has 1 N–H and O–H groups in total. The Morgan fingerprint density at radius 1 is 0.938 bits per heavy atom. The van der Waals surface area contributed by atoms with Crippen LogP contribution in [0.15, 0.2) is 18.2 Å². The third-order valence-corrected chi connectivity index (χ3v) is 1.67. The van der Waals surface area contributed by atoms with Gasteiger partial charge in [0.25, 0.3) is 0 Å². The van der Waals surface area contributed by atoms with Crippen molar-refractivity contribution in [1.82, 2.24) is 5.32 Å². The van der Waals surface area contributed by atoms with E-state index in [0.29, 0.717) is 17.5 Å². The summed E-state index contributed by atoms with van der Waals surface area (Å²) in [6, 6.07) is 4.67. The van der Waals surface area contributed by atoms with Crippen LogP contribution in [0.25, 0.3) is 0 Å². The van der Waals surface area contributed by atoms with Crippen LogP contribution in [-0.4, -0.2) is 19.9 Å². The van der Waals surface area contributed by atoms with Crippen LogP contribution in [-0.2, 0) is 0 Å². The van der Waals surface area contributed by atoms with Gasteiger partial charge in [0.2, 0.25) is 0 Å². The molecular weight excluding hydrogens is 207 g/mol. The fourth-order valence-electron chi connectivity index (χ4n) is 1.36. The molecule has 1 nitrogen and oxygen atoms in total. The molecule has 0 radical (unpaired) electrons. The Morgan fingerprint density at radius 2 is 1.31 bits per heavy atom. The van der Waals surface area contributed by atoms with Crippen molar-refractivity contribution >= 4 is 13.3 Å². The second-order valence-corrected chi connectivity index (χ2v) is 4.42. The fraction of sp³-hybridized carbons (Fsp3) is 0.500. The lowest BCUT2D eigenvalue weighted by Gasteiger charge is -2.10. The molecule has 0 saturated carbocycles. The van der Waals surface area contributed by atoms with Gasteiger partial charge in [-0.1, -0.05) is 33.2 Å². The molecule has 90 valence electrons. The van der Waals surface area contributed by atoms with Crippen LogP contribution in [0.5, 0.6) is 0 Å². The molecule has 0 spiro atoms. The highest BCUT2D eigenvalue weighted by atomic mass is 19.1. The summed E-state index contributed by atoms with van der Waals surface area (Å²) in [7, 11) is 1.64. The van der Waals surface area contributed by atoms with Crippen LogP contribution in [0.4, 0.5) is 8.78 Å². The van der Waals surface area contributed by atoms with E-state index < -0.39 is 11.6 Å². The third kappa shape index (κ3) is 8.42. The average Bonchev–Trinajstić information content (AvgIpc) is 1.97. The minimum absolute atomic E-state index is 0.521. The van der Waals surface area contributed by atoms with Gasteiger partial charge in [-0.05, 0) is 12.1 Å². The highest BCUT2D eigenvalue weighted by Crippen LogP contribution is 1.97. The number of halogens is 2. The molecule has 1 aromatic carbocycles. The Kier molecular flexibility index (Phi) is 6.98. The third-order valence-electron chi connectivity index (χ3n) is 1.67. The Labute approximate surface area is 97.7 Å². The number of rotatable bonds is 2. The Bertz CT molecular complexity index is 257. The molecule has 0 unspecified atom stereocenters. The van der Waals surface area contributed by atoms with Crippen LogP contribution in [0.1, 0.15) is 27.7 Å². The molecule has 0 amide bonds. The summed E-state index contributed by atoms with van der Waals surface area (Å²) < 4.78 is 24.4. The molecule has 1 aromatic rings. The normalized spacial score (nSPS) is 10.2. The van der Waals surface area contributed by atoms with Crippen molar-refractivity contribution < 1.29 is 8.78 Å². The Morgan fingerprint density at radius 3 is 1.50 bits per heavy atom. The van der Waals surface area contributed by atoms with Gasteiger partial charge >= 0.3 is 0 Å². The quantitative estimate of drug-likeness (QED) is 0.757. The zero-order valence-corrected chi connectivity index (χ0v) is 10.6. The monoisotopic (exact) mass is 227 g/mol. The maximum atomic E-state index is 12.2. The summed E-state index contributed by atoms with van der Waals surface area (Å²) in [6.07, 6.45) is 0. The molecule has 4 heteroatoms. The maximum Gasteiger partial charge on any atom is 0.139 e. The molecule has 0 atom stereocenters. The van der Waals surface area contributed by atoms with Gasteiger partial charge in [0.1, 0.15) is 19.5 Å². The minimum Gasteiger partial charge on any atom is -0.312 e. The molecule has 0 aliphatic heterocycles. The summed E-state index contributed by atoms with van der Waals surface area (Å²) in [5.41, 5.74) is 0.604. The fourth-order valence-corrected chi connectivity index (χ4v) is 1.36. The van der Waals surface area contributed by atoms with Crippen molar-refractivity contribution in [2.24, 2.45) is 0 Å². The van der Waals surface area contributed by atoms with E-state index in [1.807, 2.05) is 0 Å². The molecule has 0 aliphatic rings. The van der Waals surface area contributed by atoms with Crippen molar-refractivity contribution in [2.45, 2.75) is 39.8 Å². The summed E-state index contributed by atoms with van der Waals surface area (Å²) >= 11 is 0. The molecule has 0 aromatic heterocycles. The van der Waals surface area contributed by atoms with E-state index in [4.69, 9.17) is 0 Å². The van der Waals surface area contributed by atoms with Crippen LogP contribution >= 0.6 is 0 Å². The van der Waals surface area contributed by atoms with Crippen LogP contribution in [0.2, 0.25) is 0 Å². The number of nitrogens with one attached hydrogen (secondary N) is 1. The van der Waals surface area contributed by atoms with E-state index in [0.717, 1.165) is 6.07 Å². The van der Waals surface area contributed by atoms with E-state index in [9.17, 15) is 8.78 Å². The van der Waals surface area contributed by atoms with E-state index in [2.05, 4.69) is 33.0 Å². The summed E-state index contributed by atoms with van der Waals surface area (Å²) in [4.78, 5) is 0. The minimum atomic E-state index is -0.521. The van der Waals surface area contributed by atoms with Gasteiger partial charge in [-0.3, -0.25) is 0 Å². The van der Waals surface area contributed by atoms with Crippen LogP contribution in [0, 0.1) is 11.6 Å². The number of hydrogen-bond donors (Lipinski definition) is 1. The van der Waals surface area contributed by atoms with Gasteiger partial charge in [0.05, 0.1) is 0 Å².